The van der Waals surface area contributed by atoms with Crippen molar-refractivity contribution in [3.8, 4) is 11.5 Å². The molecule has 0 atom stereocenters. The monoisotopic (exact) mass is 292 g/mol. The minimum absolute atomic E-state index is 0.0683. The molecule has 0 spiro atoms. The van der Waals surface area contributed by atoms with Crippen LogP contribution < -0.4 is 24.1 Å². The molecule has 0 aliphatic carbocycles. The fourth-order valence-corrected chi connectivity index (χ4v) is 1.39. The zero-order valence-electron chi connectivity index (χ0n) is 9.49. The molecule has 9 heteroatoms. The van der Waals surface area contributed by atoms with Crippen molar-refractivity contribution < 1.29 is 48.3 Å². The maximum absolute atomic E-state index is 9.52. The quantitative estimate of drug-likeness (QED) is 0.473. The molecule has 3 N–H and O–H groups in total. The predicted molar refractivity (Wildman–Crippen MR) is 49.4 cm³/mol. The van der Waals surface area contributed by atoms with Gasteiger partial charge in [0, 0.05) is 12.1 Å². The van der Waals surface area contributed by atoms with E-state index in [0.717, 1.165) is 6.07 Å². The largest absolute Gasteiger partial charge is 0.508 e. The Hall–Kier alpha value is -1.84. The summed E-state index contributed by atoms with van der Waals surface area (Å²) in [5.41, 5.74) is 0.182. The summed E-state index contributed by atoms with van der Waals surface area (Å²) in [5, 5.41) is 18.8. The van der Waals surface area contributed by atoms with Crippen LogP contribution in [-0.2, 0) is 0 Å². The molecule has 104 valence electrons. The summed E-state index contributed by atoms with van der Waals surface area (Å²) in [7, 11) is -4.94. The van der Waals surface area contributed by atoms with Crippen molar-refractivity contribution in [3.63, 3.8) is 0 Å². The summed E-state index contributed by atoms with van der Waals surface area (Å²) < 4.78 is 39.2. The van der Waals surface area contributed by atoms with Gasteiger partial charge in [0.2, 0.25) is 0 Å². The summed E-state index contributed by atoms with van der Waals surface area (Å²) in [4.78, 5) is 9.52. The normalized spacial score (nSPS) is 11.0. The maximum atomic E-state index is 9.52. The minimum atomic E-state index is -4.94. The van der Waals surface area contributed by atoms with Crippen LogP contribution in [0.3, 0.4) is 0 Å². The van der Waals surface area contributed by atoms with Crippen LogP contribution in [0, 0.1) is 17.2 Å². The van der Waals surface area contributed by atoms with Crippen LogP contribution in [-0.4, -0.2) is 15.0 Å². The van der Waals surface area contributed by atoms with Gasteiger partial charge >= 0.3 is 5.43 Å². The van der Waals surface area contributed by atoms with E-state index in [-0.39, 0.29) is 27.9 Å². The second-order valence-electron chi connectivity index (χ2n) is 3.46. The lowest BCUT2D eigenvalue weighted by Crippen LogP contribution is -2.68. The molecule has 0 aliphatic heterocycles. The number of fused-ring (bicyclic) bond motifs is 1. The summed E-state index contributed by atoms with van der Waals surface area (Å²) in [6, 6.07) is 3.88. The van der Waals surface area contributed by atoms with Crippen molar-refractivity contribution in [2.24, 2.45) is 0 Å². The van der Waals surface area contributed by atoms with Gasteiger partial charge in [-0.2, -0.15) is 0 Å². The fourth-order valence-electron chi connectivity index (χ4n) is 1.39. The molecular weight excluding hydrogens is 284 g/mol. The van der Waals surface area contributed by atoms with Gasteiger partial charge in [-0.1, -0.05) is 0 Å². The van der Waals surface area contributed by atoms with Crippen molar-refractivity contribution in [1.29, 1.82) is 0 Å². The van der Waals surface area contributed by atoms with Gasteiger partial charge in [-0.3, -0.25) is 4.79 Å². The number of aromatic hydroxyl groups is 2. The average Bonchev–Trinajstić information content (AvgIpc) is 2.10. The van der Waals surface area contributed by atoms with E-state index in [0.29, 0.717) is 5.76 Å². The number of benzene rings is 1. The molecule has 0 bridgehead atoms. The minimum Gasteiger partial charge on any atom is -0.508 e. The first kappa shape index (κ1) is 15.2. The van der Waals surface area contributed by atoms with Gasteiger partial charge in [0.1, 0.15) is 17.3 Å². The Morgan fingerprint density at radius 1 is 1.11 bits per heavy atom. The van der Waals surface area contributed by atoms with Gasteiger partial charge < -0.3 is 14.6 Å². The molecule has 2 rings (SSSR count). The van der Waals surface area contributed by atoms with E-state index < -0.39 is 10.2 Å². The molecule has 8 nitrogen and oxygen atoms in total. The van der Waals surface area contributed by atoms with Crippen molar-refractivity contribution in [3.05, 3.63) is 29.4 Å². The Bertz CT molecular complexity index is 631. The zero-order chi connectivity index (χ0) is 14.8. The molecule has 1 aromatic heterocycles. The first-order chi connectivity index (χ1) is 8.58. The summed E-state index contributed by atoms with van der Waals surface area (Å²) >= 11 is 0. The summed E-state index contributed by atoms with van der Waals surface area (Å²) in [6.07, 6.45) is 0. The standard InChI is InChI=1S/C10H8O4.ClHO4/c1-5-2-7(12)10-8(13)3-6(11)4-9(10)14-5;2-1(3,4)5/h2-4,11,13H,1H3;(H,2,3,4,5). The van der Waals surface area contributed by atoms with Crippen molar-refractivity contribution in [2.45, 2.75) is 6.92 Å². The van der Waals surface area contributed by atoms with Crippen LogP contribution in [0.4, 0.5) is 0 Å². The highest BCUT2D eigenvalue weighted by Gasteiger charge is 2.12. The van der Waals surface area contributed by atoms with Crippen molar-refractivity contribution in [1.82, 2.24) is 0 Å². The van der Waals surface area contributed by atoms with E-state index in [9.17, 15) is 15.0 Å². The highest BCUT2D eigenvalue weighted by molar-refractivity contribution is 5.84. The van der Waals surface area contributed by atoms with E-state index in [2.05, 4.69) is 0 Å². The van der Waals surface area contributed by atoms with Gasteiger partial charge in [0.25, 0.3) is 0 Å². The molecule has 1 heterocycles. The highest BCUT2D eigenvalue weighted by atomic mass is 35.7. The Balaban J connectivity index is 0.000000312. The van der Waals surface area contributed by atoms with Crippen molar-refractivity contribution in [2.75, 3.05) is 0 Å². The third-order valence-corrected chi connectivity index (χ3v) is 1.93. The smallest absolute Gasteiger partial charge is 0.358 e. The second kappa shape index (κ2) is 5.43. The number of hydrogen-bond donors (Lipinski definition) is 2. The molecule has 0 saturated carbocycles. The molecule has 19 heavy (non-hydrogen) atoms. The number of phenolic OH excluding ortho intramolecular Hbond substituents is 2. The van der Waals surface area contributed by atoms with E-state index in [1.54, 1.807) is 6.92 Å². The van der Waals surface area contributed by atoms with Gasteiger partial charge in [0.15, 0.2) is 11.0 Å². The third kappa shape index (κ3) is 4.73. The first-order valence-electron chi connectivity index (χ1n) is 4.68. The van der Waals surface area contributed by atoms with Gasteiger partial charge in [-0.25, -0.2) is 18.6 Å². The number of phenols is 2. The SMILES string of the molecule is Cc1cc(=[OH+])c2c(O)cc(O)cc2o1.[O-][Cl+3]([O-])([O-])[O-]. The molecule has 2 aromatic rings. The Kier molecular flexibility index (Phi) is 4.35. The third-order valence-electron chi connectivity index (χ3n) is 1.93. The molecule has 1 aromatic carbocycles. The first-order valence-corrected chi connectivity index (χ1v) is 5.91. The van der Waals surface area contributed by atoms with Crippen LogP contribution in [0.1, 0.15) is 5.76 Å². The van der Waals surface area contributed by atoms with E-state index in [1.165, 1.54) is 12.1 Å². The van der Waals surface area contributed by atoms with Gasteiger partial charge in [0.05, 0.1) is 6.07 Å². The van der Waals surface area contributed by atoms with Crippen LogP contribution in [0.5, 0.6) is 11.5 Å². The van der Waals surface area contributed by atoms with E-state index >= 15 is 0 Å². The molecular formula is C10H9ClO8. The molecule has 0 amide bonds. The Morgan fingerprint density at radius 3 is 2.16 bits per heavy atom. The number of rotatable bonds is 0. The van der Waals surface area contributed by atoms with Gasteiger partial charge in [-0.05, 0) is 6.92 Å². The van der Waals surface area contributed by atoms with Crippen LogP contribution in [0.15, 0.2) is 22.6 Å². The molecule has 0 aliphatic rings. The number of aryl methyl sites for hydroxylation is 1. The lowest BCUT2D eigenvalue weighted by atomic mass is 10.2. The van der Waals surface area contributed by atoms with Crippen LogP contribution in [0.25, 0.3) is 11.0 Å². The fraction of sp³-hybridized carbons (Fsp3) is 0.100. The van der Waals surface area contributed by atoms with Crippen LogP contribution >= 0.6 is 0 Å². The molecule has 0 saturated heterocycles. The van der Waals surface area contributed by atoms with Gasteiger partial charge in [-0.15, -0.1) is 10.2 Å². The highest BCUT2D eigenvalue weighted by Crippen LogP contribution is 2.27. The van der Waals surface area contributed by atoms with E-state index in [1.807, 2.05) is 0 Å². The number of hydrogen-bond acceptors (Lipinski definition) is 7. The van der Waals surface area contributed by atoms with E-state index in [4.69, 9.17) is 23.1 Å². The molecule has 0 radical (unpaired) electrons. The molecule has 0 unspecified atom stereocenters. The average molecular weight is 293 g/mol. The maximum Gasteiger partial charge on any atom is 0.358 e. The topological polar surface area (TPSA) is 167 Å². The predicted octanol–water partition coefficient (Wildman–Crippen LogP) is -3.60. The number of halogens is 1. The van der Waals surface area contributed by atoms with Crippen LogP contribution in [0.2, 0.25) is 0 Å². The lowest BCUT2D eigenvalue weighted by Gasteiger charge is -2.17. The van der Waals surface area contributed by atoms with Crippen molar-refractivity contribution >= 4 is 11.0 Å². The Labute approximate surface area is 108 Å². The molecule has 0 fully saturated rings. The summed E-state index contributed by atoms with van der Waals surface area (Å²) in [5.74, 6) is 0.185. The summed E-state index contributed by atoms with van der Waals surface area (Å²) in [6.45, 7) is 1.67. The zero-order valence-corrected chi connectivity index (χ0v) is 10.2. The second-order valence-corrected chi connectivity index (χ2v) is 4.21. The Morgan fingerprint density at radius 2 is 1.63 bits per heavy atom. The lowest BCUT2D eigenvalue weighted by molar-refractivity contribution is -2.00.